The molecule has 150 valence electrons. The number of hydrogen-bond acceptors (Lipinski definition) is 5. The molecule has 0 spiro atoms. The lowest BCUT2D eigenvalue weighted by Gasteiger charge is -2.28. The quantitative estimate of drug-likeness (QED) is 0.564. The molecule has 1 aliphatic rings. The van der Waals surface area contributed by atoms with E-state index >= 15 is 0 Å². The molecule has 1 atom stereocenters. The van der Waals surface area contributed by atoms with Gasteiger partial charge in [0.2, 0.25) is 5.91 Å². The number of carbonyl (C=O) groups is 1. The first-order chi connectivity index (χ1) is 14.0. The fourth-order valence-corrected chi connectivity index (χ4v) is 6.06. The Hall–Kier alpha value is -2.38. The van der Waals surface area contributed by atoms with Crippen LogP contribution in [0.2, 0.25) is 0 Å². The maximum atomic E-state index is 13.1. The molecule has 1 aromatic heterocycles. The maximum absolute atomic E-state index is 13.1. The molecule has 5 nitrogen and oxygen atoms in total. The molecule has 1 aliphatic heterocycles. The van der Waals surface area contributed by atoms with Crippen molar-refractivity contribution in [3.05, 3.63) is 72.3 Å². The van der Waals surface area contributed by atoms with Crippen molar-refractivity contribution in [3.8, 4) is 0 Å². The Morgan fingerprint density at radius 1 is 1.03 bits per heavy atom. The molecule has 29 heavy (non-hydrogen) atoms. The highest BCUT2D eigenvalue weighted by Gasteiger charge is 2.34. The van der Waals surface area contributed by atoms with E-state index in [-0.39, 0.29) is 29.2 Å². The van der Waals surface area contributed by atoms with Gasteiger partial charge in [-0.25, -0.2) is 13.4 Å². The van der Waals surface area contributed by atoms with E-state index in [0.717, 1.165) is 21.5 Å². The summed E-state index contributed by atoms with van der Waals surface area (Å²) in [6.07, 6.45) is 0.500. The first-order valence-electron chi connectivity index (χ1n) is 9.53. The van der Waals surface area contributed by atoms with E-state index in [0.29, 0.717) is 13.0 Å². The lowest BCUT2D eigenvalue weighted by molar-refractivity contribution is -0.130. The van der Waals surface area contributed by atoms with Crippen molar-refractivity contribution in [3.63, 3.8) is 0 Å². The number of rotatable bonds is 6. The van der Waals surface area contributed by atoms with Crippen molar-refractivity contribution in [2.75, 3.05) is 17.3 Å². The molecule has 0 unspecified atom stereocenters. The largest absolute Gasteiger partial charge is 0.334 e. The normalized spacial score (nSPS) is 18.0. The molecule has 1 amide bonds. The fourth-order valence-electron chi connectivity index (χ4n) is 3.57. The molecular formula is C22H22N2O3S2. The van der Waals surface area contributed by atoms with Gasteiger partial charge in [0, 0.05) is 18.0 Å². The molecule has 0 N–H and O–H groups in total. The third-order valence-corrected chi connectivity index (χ3v) is 7.75. The number of nitrogens with zero attached hydrogens (tertiary/aromatic N) is 2. The minimum atomic E-state index is -3.07. The molecule has 2 heterocycles. The number of fused-ring (bicyclic) bond motifs is 1. The first-order valence-corrected chi connectivity index (χ1v) is 12.3. The van der Waals surface area contributed by atoms with Crippen LogP contribution in [0, 0.1) is 0 Å². The topological polar surface area (TPSA) is 67.3 Å². The summed E-state index contributed by atoms with van der Waals surface area (Å²) in [5.74, 6) is 0.366. The lowest BCUT2D eigenvalue weighted by Crippen LogP contribution is -2.41. The maximum Gasteiger partial charge on any atom is 0.233 e. The van der Waals surface area contributed by atoms with Crippen LogP contribution < -0.4 is 0 Å². The van der Waals surface area contributed by atoms with Crippen LogP contribution in [0.5, 0.6) is 0 Å². The van der Waals surface area contributed by atoms with Crippen molar-refractivity contribution in [2.45, 2.75) is 24.0 Å². The summed E-state index contributed by atoms with van der Waals surface area (Å²) in [5, 5.41) is 1.85. The van der Waals surface area contributed by atoms with E-state index in [9.17, 15) is 13.2 Å². The van der Waals surface area contributed by atoms with Crippen LogP contribution in [-0.2, 0) is 21.2 Å². The van der Waals surface area contributed by atoms with Gasteiger partial charge in [-0.1, -0.05) is 66.4 Å². The number of thioether (sulfide) groups is 1. The minimum absolute atomic E-state index is 0.0461. The molecule has 4 rings (SSSR count). The zero-order valence-corrected chi connectivity index (χ0v) is 17.5. The Labute approximate surface area is 175 Å². The van der Waals surface area contributed by atoms with Gasteiger partial charge in [0.05, 0.1) is 27.8 Å². The summed E-state index contributed by atoms with van der Waals surface area (Å²) in [4.78, 5) is 19.4. The van der Waals surface area contributed by atoms with Crippen LogP contribution in [0.3, 0.4) is 0 Å². The second-order valence-electron chi connectivity index (χ2n) is 7.19. The van der Waals surface area contributed by atoms with E-state index < -0.39 is 9.84 Å². The summed E-state index contributed by atoms with van der Waals surface area (Å²) in [6, 6.07) is 21.2. The number of pyridine rings is 1. The number of hydrogen-bond donors (Lipinski definition) is 0. The van der Waals surface area contributed by atoms with Gasteiger partial charge in [-0.15, -0.1) is 0 Å². The van der Waals surface area contributed by atoms with Crippen LogP contribution in [0.15, 0.2) is 71.8 Å². The second kappa shape index (κ2) is 8.55. The van der Waals surface area contributed by atoms with Crippen molar-refractivity contribution < 1.29 is 13.2 Å². The Kier molecular flexibility index (Phi) is 5.87. The predicted octanol–water partition coefficient (Wildman–Crippen LogP) is 3.54. The second-order valence-corrected chi connectivity index (χ2v) is 10.4. The van der Waals surface area contributed by atoms with Gasteiger partial charge < -0.3 is 4.90 Å². The number of aromatic nitrogens is 1. The van der Waals surface area contributed by atoms with Gasteiger partial charge in [0.25, 0.3) is 0 Å². The summed E-state index contributed by atoms with van der Waals surface area (Å²) in [7, 11) is -3.07. The van der Waals surface area contributed by atoms with Crippen molar-refractivity contribution in [2.24, 2.45) is 0 Å². The summed E-state index contributed by atoms with van der Waals surface area (Å²) >= 11 is 1.39. The number of sulfone groups is 1. The van der Waals surface area contributed by atoms with Gasteiger partial charge in [0.1, 0.15) is 0 Å². The zero-order valence-electron chi connectivity index (χ0n) is 15.9. The highest BCUT2D eigenvalue weighted by atomic mass is 32.2. The van der Waals surface area contributed by atoms with E-state index in [2.05, 4.69) is 4.98 Å². The molecule has 2 aromatic carbocycles. The van der Waals surface area contributed by atoms with Crippen LogP contribution in [-0.4, -0.2) is 47.5 Å². The predicted molar refractivity (Wildman–Crippen MR) is 117 cm³/mol. The molecule has 0 saturated carbocycles. The lowest BCUT2D eigenvalue weighted by atomic mass is 10.1. The average Bonchev–Trinajstić information content (AvgIpc) is 3.10. The van der Waals surface area contributed by atoms with Crippen LogP contribution in [0.1, 0.15) is 12.0 Å². The number of amides is 1. The molecule has 0 radical (unpaired) electrons. The van der Waals surface area contributed by atoms with Crippen molar-refractivity contribution in [1.82, 2.24) is 9.88 Å². The Morgan fingerprint density at radius 3 is 2.55 bits per heavy atom. The van der Waals surface area contributed by atoms with Gasteiger partial charge >= 0.3 is 0 Å². The smallest absolute Gasteiger partial charge is 0.233 e. The number of carbonyl (C=O) groups excluding carboxylic acids is 1. The number of para-hydroxylation sites is 1. The fraction of sp³-hybridized carbons (Fsp3) is 0.273. The zero-order chi connectivity index (χ0) is 20.3. The molecular weight excluding hydrogens is 404 g/mol. The molecule has 0 aliphatic carbocycles. The van der Waals surface area contributed by atoms with Crippen LogP contribution >= 0.6 is 11.8 Å². The van der Waals surface area contributed by atoms with E-state index in [4.69, 9.17) is 0 Å². The molecule has 7 heteroatoms. The van der Waals surface area contributed by atoms with Crippen molar-refractivity contribution >= 4 is 38.4 Å². The Balaban J connectivity index is 1.49. The molecule has 1 fully saturated rings. The molecule has 0 bridgehead atoms. The minimum Gasteiger partial charge on any atom is -0.334 e. The Bertz CT molecular complexity index is 1120. The van der Waals surface area contributed by atoms with Crippen LogP contribution in [0.4, 0.5) is 0 Å². The van der Waals surface area contributed by atoms with Gasteiger partial charge in [0.15, 0.2) is 9.84 Å². The van der Waals surface area contributed by atoms with Gasteiger partial charge in [-0.2, -0.15) is 0 Å². The highest BCUT2D eigenvalue weighted by molar-refractivity contribution is 7.99. The van der Waals surface area contributed by atoms with Crippen LogP contribution in [0.25, 0.3) is 10.9 Å². The molecule has 3 aromatic rings. The molecule has 1 saturated heterocycles. The standard InChI is InChI=1S/C22H22N2O3S2/c25-22(15-28-21-11-10-18-8-4-5-9-20(18)23-21)24(14-17-6-2-1-3-7-17)19-12-13-29(26,27)16-19/h1-11,19H,12-16H2/t19-/m1/s1. The van der Waals surface area contributed by atoms with Crippen molar-refractivity contribution in [1.29, 1.82) is 0 Å². The first kappa shape index (κ1) is 19.9. The summed E-state index contributed by atoms with van der Waals surface area (Å²) < 4.78 is 23.9. The van der Waals surface area contributed by atoms with E-state index in [1.54, 1.807) is 4.90 Å². The monoisotopic (exact) mass is 426 g/mol. The Morgan fingerprint density at radius 2 is 1.79 bits per heavy atom. The summed E-state index contributed by atoms with van der Waals surface area (Å²) in [6.45, 7) is 0.422. The van der Waals surface area contributed by atoms with E-state index in [1.165, 1.54) is 11.8 Å². The van der Waals surface area contributed by atoms with Gasteiger partial charge in [-0.05, 0) is 24.1 Å². The third-order valence-electron chi connectivity index (χ3n) is 5.08. The van der Waals surface area contributed by atoms with E-state index in [1.807, 2.05) is 66.7 Å². The average molecular weight is 427 g/mol. The highest BCUT2D eigenvalue weighted by Crippen LogP contribution is 2.24. The number of benzene rings is 2. The SMILES string of the molecule is O=C(CSc1ccc2ccccc2n1)N(Cc1ccccc1)[C@@H]1CCS(=O)(=O)C1. The third kappa shape index (κ3) is 4.97. The summed E-state index contributed by atoms with van der Waals surface area (Å²) in [5.41, 5.74) is 1.90. The van der Waals surface area contributed by atoms with Gasteiger partial charge in [-0.3, -0.25) is 4.79 Å².